The van der Waals surface area contributed by atoms with Crippen LogP contribution in [0.4, 0.5) is 0 Å². The first-order valence-corrected chi connectivity index (χ1v) is 7.26. The predicted molar refractivity (Wildman–Crippen MR) is 74.5 cm³/mol. The molecule has 0 saturated carbocycles. The quantitative estimate of drug-likeness (QED) is 0.781. The molecule has 5 atom stereocenters. The van der Waals surface area contributed by atoms with Gasteiger partial charge in [-0.3, -0.25) is 4.79 Å². The highest BCUT2D eigenvalue weighted by Crippen LogP contribution is 2.34. The molecule has 1 aromatic carbocycles. The second kappa shape index (κ2) is 6.13. The number of esters is 1. The molecule has 0 N–H and O–H groups in total. The van der Waals surface area contributed by atoms with Crippen molar-refractivity contribution in [2.45, 2.75) is 38.4 Å². The van der Waals surface area contributed by atoms with Gasteiger partial charge in [-0.25, -0.2) is 0 Å². The van der Waals surface area contributed by atoms with Gasteiger partial charge in [-0.15, -0.1) is 0 Å². The van der Waals surface area contributed by atoms with E-state index in [1.807, 2.05) is 37.3 Å². The maximum atomic E-state index is 11.3. The lowest BCUT2D eigenvalue weighted by molar-refractivity contribution is -0.308. The van der Waals surface area contributed by atoms with E-state index in [0.29, 0.717) is 13.2 Å². The molecule has 0 amide bonds. The van der Waals surface area contributed by atoms with E-state index in [9.17, 15) is 4.79 Å². The Bertz CT molecular complexity index is 489. The first-order valence-electron chi connectivity index (χ1n) is 7.26. The van der Waals surface area contributed by atoms with Gasteiger partial charge in [0.05, 0.1) is 13.2 Å². The van der Waals surface area contributed by atoms with Crippen LogP contribution in [0.5, 0.6) is 0 Å². The van der Waals surface area contributed by atoms with Gasteiger partial charge >= 0.3 is 5.97 Å². The van der Waals surface area contributed by atoms with Crippen molar-refractivity contribution >= 4 is 5.97 Å². The van der Waals surface area contributed by atoms with Crippen molar-refractivity contribution in [1.82, 2.24) is 0 Å². The van der Waals surface area contributed by atoms with Crippen molar-refractivity contribution in [3.63, 3.8) is 0 Å². The Balaban J connectivity index is 1.77. The minimum absolute atomic E-state index is 0.102. The number of fused-ring (bicyclic) bond motifs is 1. The average Bonchev–Trinajstić information content (AvgIpc) is 2.50. The molecular formula is C16H20O5. The maximum Gasteiger partial charge on any atom is 0.303 e. The number of rotatable bonds is 2. The smallest absolute Gasteiger partial charge is 0.303 e. The van der Waals surface area contributed by atoms with Gasteiger partial charge < -0.3 is 18.9 Å². The third-order valence-corrected chi connectivity index (χ3v) is 3.89. The lowest BCUT2D eigenvalue weighted by Gasteiger charge is -2.45. The highest BCUT2D eigenvalue weighted by molar-refractivity contribution is 5.66. The Morgan fingerprint density at radius 2 is 1.95 bits per heavy atom. The molecule has 5 heteroatoms. The van der Waals surface area contributed by atoms with E-state index >= 15 is 0 Å². The van der Waals surface area contributed by atoms with E-state index < -0.39 is 6.29 Å². The van der Waals surface area contributed by atoms with Crippen LogP contribution in [0.3, 0.4) is 0 Å². The van der Waals surface area contributed by atoms with Crippen molar-refractivity contribution < 1.29 is 23.7 Å². The molecule has 5 nitrogen and oxygen atoms in total. The molecule has 0 bridgehead atoms. The van der Waals surface area contributed by atoms with Crippen LogP contribution in [-0.2, 0) is 23.7 Å². The molecular weight excluding hydrogens is 272 g/mol. The van der Waals surface area contributed by atoms with Crippen LogP contribution < -0.4 is 0 Å². The van der Waals surface area contributed by atoms with E-state index in [1.54, 1.807) is 0 Å². The van der Waals surface area contributed by atoms with Gasteiger partial charge in [-0.1, -0.05) is 37.3 Å². The summed E-state index contributed by atoms with van der Waals surface area (Å²) in [6.07, 6.45) is -1.22. The van der Waals surface area contributed by atoms with Crippen molar-refractivity contribution in [2.75, 3.05) is 13.2 Å². The SMILES string of the molecule is CC(=O)O[C@@H]1C(C)COC2COC(c3ccccc3)O[C@@H]21. The summed E-state index contributed by atoms with van der Waals surface area (Å²) in [5, 5.41) is 0. The van der Waals surface area contributed by atoms with Gasteiger partial charge in [0.15, 0.2) is 6.29 Å². The van der Waals surface area contributed by atoms with E-state index in [-0.39, 0.29) is 30.2 Å². The molecule has 2 saturated heterocycles. The number of hydrogen-bond acceptors (Lipinski definition) is 5. The summed E-state index contributed by atoms with van der Waals surface area (Å²) in [6.45, 7) is 4.40. The summed E-state index contributed by atoms with van der Waals surface area (Å²) < 4.78 is 23.0. The fraction of sp³-hybridized carbons (Fsp3) is 0.562. The van der Waals surface area contributed by atoms with Gasteiger partial charge in [-0.2, -0.15) is 0 Å². The van der Waals surface area contributed by atoms with Crippen LogP contribution in [0.15, 0.2) is 30.3 Å². The Labute approximate surface area is 124 Å². The number of carbonyl (C=O) groups is 1. The Kier molecular flexibility index (Phi) is 4.24. The van der Waals surface area contributed by atoms with E-state index in [1.165, 1.54) is 6.92 Å². The average molecular weight is 292 g/mol. The fourth-order valence-corrected chi connectivity index (χ4v) is 2.83. The number of ether oxygens (including phenoxy) is 4. The minimum Gasteiger partial charge on any atom is -0.459 e. The van der Waals surface area contributed by atoms with Crippen molar-refractivity contribution in [2.24, 2.45) is 5.92 Å². The first kappa shape index (κ1) is 14.5. The van der Waals surface area contributed by atoms with Crippen LogP contribution in [0, 0.1) is 5.92 Å². The molecule has 114 valence electrons. The molecule has 0 radical (unpaired) electrons. The monoisotopic (exact) mass is 292 g/mol. The minimum atomic E-state index is -0.445. The maximum absolute atomic E-state index is 11.3. The highest BCUT2D eigenvalue weighted by Gasteiger charge is 2.46. The van der Waals surface area contributed by atoms with Crippen molar-refractivity contribution in [3.8, 4) is 0 Å². The summed E-state index contributed by atoms with van der Waals surface area (Å²) in [5.74, 6) is -0.191. The zero-order valence-electron chi connectivity index (χ0n) is 12.2. The molecule has 2 heterocycles. The molecule has 3 rings (SSSR count). The lowest BCUT2D eigenvalue weighted by Crippen LogP contribution is -2.56. The van der Waals surface area contributed by atoms with Crippen molar-refractivity contribution in [3.05, 3.63) is 35.9 Å². The van der Waals surface area contributed by atoms with Gasteiger partial charge in [0.25, 0.3) is 0 Å². The first-order chi connectivity index (χ1) is 10.1. The predicted octanol–water partition coefficient (Wildman–Crippen LogP) is 2.07. The summed E-state index contributed by atoms with van der Waals surface area (Å²) >= 11 is 0. The van der Waals surface area contributed by atoms with E-state index in [4.69, 9.17) is 18.9 Å². The van der Waals surface area contributed by atoms with Crippen LogP contribution in [0.2, 0.25) is 0 Å². The molecule has 0 spiro atoms. The van der Waals surface area contributed by atoms with E-state index in [0.717, 1.165) is 5.56 Å². The van der Waals surface area contributed by atoms with Crippen LogP contribution >= 0.6 is 0 Å². The molecule has 2 fully saturated rings. The largest absolute Gasteiger partial charge is 0.459 e. The van der Waals surface area contributed by atoms with Gasteiger partial charge in [-0.05, 0) is 0 Å². The Hall–Kier alpha value is -1.43. The zero-order chi connectivity index (χ0) is 14.8. The standard InChI is InChI=1S/C16H20O5/c1-10-8-18-13-9-19-16(12-6-4-3-5-7-12)21-15(13)14(10)20-11(2)17/h3-7,10,13-16H,8-9H2,1-2H3/t10?,13?,14-,15+,16?/m1/s1. The molecule has 0 aliphatic carbocycles. The molecule has 1 aromatic rings. The second-order valence-electron chi connectivity index (χ2n) is 5.60. The normalized spacial score (nSPS) is 35.8. The van der Waals surface area contributed by atoms with Crippen molar-refractivity contribution in [1.29, 1.82) is 0 Å². The van der Waals surface area contributed by atoms with Gasteiger partial charge in [0.2, 0.25) is 0 Å². The summed E-state index contributed by atoms with van der Waals surface area (Å²) in [5.41, 5.74) is 0.954. The topological polar surface area (TPSA) is 54.0 Å². The molecule has 2 aliphatic rings. The summed E-state index contributed by atoms with van der Waals surface area (Å²) in [6, 6.07) is 9.75. The van der Waals surface area contributed by atoms with Crippen LogP contribution in [0.25, 0.3) is 0 Å². The van der Waals surface area contributed by atoms with E-state index in [2.05, 4.69) is 0 Å². The molecule has 0 aromatic heterocycles. The highest BCUT2D eigenvalue weighted by atomic mass is 16.7. The Morgan fingerprint density at radius 3 is 2.67 bits per heavy atom. The number of carbonyl (C=O) groups excluding carboxylic acids is 1. The summed E-state index contributed by atoms with van der Waals surface area (Å²) in [7, 11) is 0. The second-order valence-corrected chi connectivity index (χ2v) is 5.60. The lowest BCUT2D eigenvalue weighted by atomic mass is 9.93. The third kappa shape index (κ3) is 3.10. The Morgan fingerprint density at radius 1 is 1.19 bits per heavy atom. The fourth-order valence-electron chi connectivity index (χ4n) is 2.83. The van der Waals surface area contributed by atoms with Gasteiger partial charge in [0.1, 0.15) is 18.3 Å². The van der Waals surface area contributed by atoms with Gasteiger partial charge in [0, 0.05) is 18.4 Å². The number of hydrogen-bond donors (Lipinski definition) is 0. The summed E-state index contributed by atoms with van der Waals surface area (Å²) in [4.78, 5) is 11.3. The van der Waals surface area contributed by atoms with Crippen LogP contribution in [0.1, 0.15) is 25.7 Å². The molecule has 2 aliphatic heterocycles. The number of benzene rings is 1. The van der Waals surface area contributed by atoms with Crippen LogP contribution in [-0.4, -0.2) is 37.5 Å². The molecule has 3 unspecified atom stereocenters. The molecule has 21 heavy (non-hydrogen) atoms. The zero-order valence-corrected chi connectivity index (χ0v) is 12.2. The third-order valence-electron chi connectivity index (χ3n) is 3.89.